The Labute approximate surface area is 205 Å². The lowest BCUT2D eigenvalue weighted by Gasteiger charge is -2.34. The van der Waals surface area contributed by atoms with Crippen LogP contribution in [0.2, 0.25) is 0 Å². The SMILES string of the molecule is NC(=O)c1ccc(CN2CCN(C(=O)c3nc(-c4cccs4)n(-c4cccc(F)c4)n3)CC2)cc1. The number of carbonyl (C=O) groups is 2. The number of hydrogen-bond donors (Lipinski definition) is 1. The van der Waals surface area contributed by atoms with Crippen LogP contribution in [-0.2, 0) is 6.54 Å². The first kappa shape index (κ1) is 22.9. The normalized spacial score (nSPS) is 14.3. The Morgan fingerprint density at radius 2 is 1.77 bits per heavy atom. The van der Waals surface area contributed by atoms with E-state index < -0.39 is 5.91 Å². The average molecular weight is 491 g/mol. The molecule has 2 aromatic carbocycles. The van der Waals surface area contributed by atoms with Gasteiger partial charge in [0.05, 0.1) is 10.6 Å². The van der Waals surface area contributed by atoms with Crippen LogP contribution in [0, 0.1) is 5.82 Å². The number of hydrogen-bond acceptors (Lipinski definition) is 6. The summed E-state index contributed by atoms with van der Waals surface area (Å²) in [6.45, 7) is 3.20. The highest BCUT2D eigenvalue weighted by Crippen LogP contribution is 2.26. The first-order valence-corrected chi connectivity index (χ1v) is 12.0. The Bertz CT molecular complexity index is 1340. The van der Waals surface area contributed by atoms with Crippen molar-refractivity contribution in [1.82, 2.24) is 24.6 Å². The van der Waals surface area contributed by atoms with Gasteiger partial charge in [0.1, 0.15) is 5.82 Å². The molecule has 0 saturated carbocycles. The summed E-state index contributed by atoms with van der Waals surface area (Å²) >= 11 is 1.48. The third-order valence-electron chi connectivity index (χ3n) is 5.90. The van der Waals surface area contributed by atoms with Gasteiger partial charge in [-0.1, -0.05) is 24.3 Å². The van der Waals surface area contributed by atoms with E-state index in [9.17, 15) is 14.0 Å². The van der Waals surface area contributed by atoms with Gasteiger partial charge in [0, 0.05) is 38.3 Å². The van der Waals surface area contributed by atoms with Gasteiger partial charge in [-0.3, -0.25) is 14.5 Å². The van der Waals surface area contributed by atoms with E-state index in [0.717, 1.165) is 17.0 Å². The highest BCUT2D eigenvalue weighted by atomic mass is 32.1. The molecule has 0 spiro atoms. The van der Waals surface area contributed by atoms with E-state index in [1.54, 1.807) is 29.2 Å². The van der Waals surface area contributed by atoms with E-state index in [2.05, 4.69) is 15.0 Å². The second-order valence-corrected chi connectivity index (χ2v) is 9.21. The molecule has 4 aromatic rings. The molecule has 3 heterocycles. The second-order valence-electron chi connectivity index (χ2n) is 8.26. The largest absolute Gasteiger partial charge is 0.366 e. The van der Waals surface area contributed by atoms with Crippen molar-refractivity contribution >= 4 is 23.2 Å². The van der Waals surface area contributed by atoms with E-state index in [4.69, 9.17) is 5.73 Å². The number of nitrogens with two attached hydrogens (primary N) is 1. The molecule has 2 amide bonds. The highest BCUT2D eigenvalue weighted by Gasteiger charge is 2.27. The standard InChI is InChI=1S/C25H23FN6O2S/c26-19-3-1-4-20(15-19)32-24(21-5-2-14-35-21)28-23(29-32)25(34)31-12-10-30(11-13-31)16-17-6-8-18(9-7-17)22(27)33/h1-9,14-15H,10-13,16H2,(H2,27,33). The number of amides is 2. The summed E-state index contributed by atoms with van der Waals surface area (Å²) in [5.41, 5.74) is 7.37. The second kappa shape index (κ2) is 9.77. The molecule has 178 valence electrons. The number of carbonyl (C=O) groups excluding carboxylic acids is 2. The summed E-state index contributed by atoms with van der Waals surface area (Å²) in [7, 11) is 0. The van der Waals surface area contributed by atoms with Gasteiger partial charge in [0.2, 0.25) is 11.7 Å². The smallest absolute Gasteiger partial charge is 0.293 e. The fourth-order valence-electron chi connectivity index (χ4n) is 4.04. The van der Waals surface area contributed by atoms with Crippen molar-refractivity contribution in [2.24, 2.45) is 5.73 Å². The van der Waals surface area contributed by atoms with Crippen LogP contribution in [0.4, 0.5) is 4.39 Å². The van der Waals surface area contributed by atoms with Crippen molar-refractivity contribution in [3.63, 3.8) is 0 Å². The van der Waals surface area contributed by atoms with Crippen LogP contribution in [0.25, 0.3) is 16.4 Å². The van der Waals surface area contributed by atoms with Gasteiger partial charge in [-0.25, -0.2) is 14.1 Å². The monoisotopic (exact) mass is 490 g/mol. The maximum Gasteiger partial charge on any atom is 0.293 e. The number of piperazine rings is 1. The summed E-state index contributed by atoms with van der Waals surface area (Å²) in [6.07, 6.45) is 0. The Morgan fingerprint density at radius 3 is 2.43 bits per heavy atom. The predicted molar refractivity (Wildman–Crippen MR) is 131 cm³/mol. The number of thiophene rings is 1. The quantitative estimate of drug-likeness (QED) is 0.448. The lowest BCUT2D eigenvalue weighted by Crippen LogP contribution is -2.48. The van der Waals surface area contributed by atoms with Gasteiger partial charge in [0.15, 0.2) is 5.82 Å². The zero-order chi connectivity index (χ0) is 24.4. The van der Waals surface area contributed by atoms with E-state index in [1.165, 1.54) is 28.2 Å². The maximum absolute atomic E-state index is 13.9. The minimum absolute atomic E-state index is 0.0909. The predicted octanol–water partition coefficient (Wildman–Crippen LogP) is 3.19. The number of nitrogens with zero attached hydrogens (tertiary/aromatic N) is 5. The molecule has 1 aliphatic heterocycles. The molecule has 0 atom stereocenters. The molecule has 0 unspecified atom stereocenters. The lowest BCUT2D eigenvalue weighted by molar-refractivity contribution is 0.0616. The molecule has 2 N–H and O–H groups in total. The number of primary amides is 1. The molecule has 1 fully saturated rings. The van der Waals surface area contributed by atoms with Crippen molar-refractivity contribution < 1.29 is 14.0 Å². The summed E-state index contributed by atoms with van der Waals surface area (Å²) in [6, 6.07) is 17.1. The molecule has 0 radical (unpaired) electrons. The minimum atomic E-state index is -0.445. The van der Waals surface area contributed by atoms with Gasteiger partial charge in [0.25, 0.3) is 5.91 Å². The van der Waals surface area contributed by atoms with Gasteiger partial charge < -0.3 is 10.6 Å². The van der Waals surface area contributed by atoms with E-state index in [0.29, 0.717) is 43.3 Å². The molecule has 0 bridgehead atoms. The van der Waals surface area contributed by atoms with Gasteiger partial charge in [-0.2, -0.15) is 0 Å². The molecule has 1 saturated heterocycles. The Kier molecular flexibility index (Phi) is 6.39. The molecule has 0 aliphatic carbocycles. The maximum atomic E-state index is 13.9. The zero-order valence-electron chi connectivity index (χ0n) is 18.8. The summed E-state index contributed by atoms with van der Waals surface area (Å²) < 4.78 is 15.4. The van der Waals surface area contributed by atoms with E-state index in [-0.39, 0.29) is 17.5 Å². The van der Waals surface area contributed by atoms with Gasteiger partial charge in [-0.15, -0.1) is 16.4 Å². The van der Waals surface area contributed by atoms with Crippen LogP contribution in [0.3, 0.4) is 0 Å². The van der Waals surface area contributed by atoms with Crippen LogP contribution in [0.1, 0.15) is 26.5 Å². The first-order chi connectivity index (χ1) is 17.0. The number of aromatic nitrogens is 3. The molecule has 2 aromatic heterocycles. The van der Waals surface area contributed by atoms with E-state index in [1.807, 2.05) is 29.6 Å². The van der Waals surface area contributed by atoms with Crippen molar-refractivity contribution in [3.05, 3.63) is 88.8 Å². The molecular formula is C25H23FN6O2S. The Balaban J connectivity index is 1.29. The van der Waals surface area contributed by atoms with Crippen LogP contribution in [0.5, 0.6) is 0 Å². The topological polar surface area (TPSA) is 97.4 Å². The Morgan fingerprint density at radius 1 is 1.00 bits per heavy atom. The van der Waals surface area contributed by atoms with Crippen LogP contribution in [0.15, 0.2) is 66.0 Å². The third-order valence-corrected chi connectivity index (χ3v) is 6.76. The van der Waals surface area contributed by atoms with Gasteiger partial charge in [-0.05, 0) is 47.3 Å². The van der Waals surface area contributed by atoms with Crippen molar-refractivity contribution in [3.8, 4) is 16.4 Å². The zero-order valence-corrected chi connectivity index (χ0v) is 19.6. The Hall–Kier alpha value is -3.89. The van der Waals surface area contributed by atoms with Crippen LogP contribution < -0.4 is 5.73 Å². The van der Waals surface area contributed by atoms with Crippen molar-refractivity contribution in [1.29, 1.82) is 0 Å². The number of halogens is 1. The van der Waals surface area contributed by atoms with Crippen molar-refractivity contribution in [2.75, 3.05) is 26.2 Å². The van der Waals surface area contributed by atoms with E-state index >= 15 is 0 Å². The molecular weight excluding hydrogens is 467 g/mol. The summed E-state index contributed by atoms with van der Waals surface area (Å²) in [5, 5.41) is 6.38. The minimum Gasteiger partial charge on any atom is -0.366 e. The molecule has 35 heavy (non-hydrogen) atoms. The van der Waals surface area contributed by atoms with Crippen LogP contribution in [-0.4, -0.2) is 62.6 Å². The third kappa shape index (κ3) is 4.98. The fourth-order valence-corrected chi connectivity index (χ4v) is 4.74. The van der Waals surface area contributed by atoms with Crippen molar-refractivity contribution in [2.45, 2.75) is 6.54 Å². The average Bonchev–Trinajstić information content (AvgIpc) is 3.55. The number of rotatable bonds is 6. The fraction of sp³-hybridized carbons (Fsp3) is 0.200. The first-order valence-electron chi connectivity index (χ1n) is 11.2. The molecule has 1 aliphatic rings. The summed E-state index contributed by atoms with van der Waals surface area (Å²) in [5.74, 6) is -0.480. The molecule has 8 nitrogen and oxygen atoms in total. The van der Waals surface area contributed by atoms with Gasteiger partial charge >= 0.3 is 0 Å². The summed E-state index contributed by atoms with van der Waals surface area (Å²) in [4.78, 5) is 33.9. The molecule has 10 heteroatoms. The highest BCUT2D eigenvalue weighted by molar-refractivity contribution is 7.13. The van der Waals surface area contributed by atoms with Crippen LogP contribution >= 0.6 is 11.3 Å². The lowest BCUT2D eigenvalue weighted by atomic mass is 10.1. The molecule has 5 rings (SSSR count). The number of benzene rings is 2.